The van der Waals surface area contributed by atoms with Crippen LogP contribution in [0.4, 0.5) is 4.79 Å². The minimum Gasteiger partial charge on any atom is -0.497 e. The molecule has 0 saturated carbocycles. The lowest BCUT2D eigenvalue weighted by Gasteiger charge is -2.45. The largest absolute Gasteiger partial charge is 0.497 e. The van der Waals surface area contributed by atoms with E-state index in [0.29, 0.717) is 39.5 Å². The number of nitrogens with zero attached hydrogens (tertiary/aromatic N) is 1. The summed E-state index contributed by atoms with van der Waals surface area (Å²) in [6.45, 7) is 4.82. The Morgan fingerprint density at radius 1 is 0.544 bits per heavy atom. The van der Waals surface area contributed by atoms with Crippen LogP contribution in [0, 0.1) is 0 Å². The maximum atomic E-state index is 13.3. The third-order valence-electron chi connectivity index (χ3n) is 9.93. The zero-order chi connectivity index (χ0) is 39.5. The smallest absolute Gasteiger partial charge is 0.410 e. The zero-order valence-electron chi connectivity index (χ0n) is 33.0. The first-order valence-corrected chi connectivity index (χ1v) is 19.9. The van der Waals surface area contributed by atoms with Crippen molar-refractivity contribution < 1.29 is 38.0 Å². The molecule has 1 saturated heterocycles. The first-order chi connectivity index (χ1) is 28.1. The summed E-state index contributed by atoms with van der Waals surface area (Å²) in [5.74, 6) is 0.778. The van der Waals surface area contributed by atoms with Gasteiger partial charge in [-0.3, -0.25) is 0 Å². The molecule has 5 aromatic carbocycles. The molecule has 300 valence electrons. The van der Waals surface area contributed by atoms with Gasteiger partial charge in [0.25, 0.3) is 0 Å². The van der Waals surface area contributed by atoms with E-state index in [1.54, 1.807) is 12.0 Å². The monoisotopic (exact) mass is 773 g/mol. The first-order valence-electron chi connectivity index (χ1n) is 19.9. The van der Waals surface area contributed by atoms with Crippen molar-refractivity contribution in [3.8, 4) is 5.75 Å². The Morgan fingerprint density at radius 3 is 1.60 bits per heavy atom. The highest BCUT2D eigenvalue weighted by molar-refractivity contribution is 5.67. The van der Waals surface area contributed by atoms with Crippen LogP contribution in [-0.4, -0.2) is 62.0 Å². The van der Waals surface area contributed by atoms with Gasteiger partial charge in [-0.25, -0.2) is 4.79 Å². The molecular weight excluding hydrogens is 719 g/mol. The molecule has 57 heavy (non-hydrogen) atoms. The SMILES string of the molecule is COc1ccc(CO[C@H]2[C@H](OCCCCCN(Cc3ccccc3)C(=O)OCc3ccccc3)O[C@@H](C)[C@H](OCc3ccccc3)[C@H]2OCc2ccccc2)cc1. The lowest BCUT2D eigenvalue weighted by Crippen LogP contribution is -2.60. The predicted octanol–water partition coefficient (Wildman–Crippen LogP) is 9.52. The van der Waals surface area contributed by atoms with Gasteiger partial charge in [0.05, 0.1) is 33.0 Å². The van der Waals surface area contributed by atoms with Crippen molar-refractivity contribution in [2.45, 2.75) is 89.9 Å². The summed E-state index contributed by atoms with van der Waals surface area (Å²) in [5, 5.41) is 0. The van der Waals surface area contributed by atoms with Crippen molar-refractivity contribution in [3.63, 3.8) is 0 Å². The van der Waals surface area contributed by atoms with Crippen molar-refractivity contribution in [1.82, 2.24) is 4.90 Å². The van der Waals surface area contributed by atoms with Crippen molar-refractivity contribution in [3.05, 3.63) is 173 Å². The first kappa shape index (κ1) is 41.6. The fraction of sp³-hybridized carbons (Fsp3) is 0.354. The van der Waals surface area contributed by atoms with E-state index in [1.807, 2.05) is 153 Å². The Balaban J connectivity index is 1.10. The van der Waals surface area contributed by atoms with Crippen LogP contribution in [0.25, 0.3) is 0 Å². The van der Waals surface area contributed by atoms with Crippen molar-refractivity contribution in [1.29, 1.82) is 0 Å². The van der Waals surface area contributed by atoms with Crippen LogP contribution >= 0.6 is 0 Å². The Morgan fingerprint density at radius 2 is 1.04 bits per heavy atom. The number of hydrogen-bond donors (Lipinski definition) is 0. The summed E-state index contributed by atoms with van der Waals surface area (Å²) < 4.78 is 44.2. The number of carbonyl (C=O) groups excluding carboxylic acids is 1. The normalized spacial score (nSPS) is 19.2. The molecule has 1 fully saturated rings. The third kappa shape index (κ3) is 13.3. The van der Waals surface area contributed by atoms with E-state index in [0.717, 1.165) is 52.8 Å². The van der Waals surface area contributed by atoms with Gasteiger partial charge in [0, 0.05) is 19.7 Å². The highest BCUT2D eigenvalue weighted by Crippen LogP contribution is 2.31. The highest BCUT2D eigenvalue weighted by atomic mass is 16.7. The molecular formula is C48H55NO8. The summed E-state index contributed by atoms with van der Waals surface area (Å²) in [6.07, 6.45) is -0.476. The van der Waals surface area contributed by atoms with Gasteiger partial charge < -0.3 is 38.1 Å². The van der Waals surface area contributed by atoms with Gasteiger partial charge in [0.1, 0.15) is 30.7 Å². The van der Waals surface area contributed by atoms with Crippen LogP contribution in [0.2, 0.25) is 0 Å². The zero-order valence-corrected chi connectivity index (χ0v) is 33.0. The second kappa shape index (κ2) is 22.6. The van der Waals surface area contributed by atoms with Crippen molar-refractivity contribution >= 4 is 6.09 Å². The number of rotatable bonds is 21. The number of unbranched alkanes of at least 4 members (excludes halogenated alkanes) is 2. The van der Waals surface area contributed by atoms with E-state index in [2.05, 4.69) is 0 Å². The fourth-order valence-electron chi connectivity index (χ4n) is 6.78. The molecule has 1 aliphatic rings. The topological polar surface area (TPSA) is 84.9 Å². The number of methoxy groups -OCH3 is 1. The predicted molar refractivity (Wildman–Crippen MR) is 219 cm³/mol. The molecule has 5 aromatic rings. The van der Waals surface area contributed by atoms with E-state index in [9.17, 15) is 4.79 Å². The van der Waals surface area contributed by atoms with Gasteiger partial charge in [0.2, 0.25) is 0 Å². The Kier molecular flexibility index (Phi) is 16.5. The Bertz CT molecular complexity index is 1850. The Labute approximate surface area is 337 Å². The van der Waals surface area contributed by atoms with Gasteiger partial charge in [-0.05, 0) is 66.1 Å². The summed E-state index contributed by atoms with van der Waals surface area (Å²) in [4.78, 5) is 15.0. The molecule has 1 heterocycles. The molecule has 1 aliphatic heterocycles. The molecule has 0 spiro atoms. The molecule has 0 aromatic heterocycles. The van der Waals surface area contributed by atoms with Gasteiger partial charge in [-0.15, -0.1) is 0 Å². The lowest BCUT2D eigenvalue weighted by molar-refractivity contribution is -0.320. The average molecular weight is 774 g/mol. The van der Waals surface area contributed by atoms with Crippen molar-refractivity contribution in [2.75, 3.05) is 20.3 Å². The average Bonchev–Trinajstić information content (AvgIpc) is 3.26. The third-order valence-corrected chi connectivity index (χ3v) is 9.93. The second-order valence-corrected chi connectivity index (χ2v) is 14.2. The quantitative estimate of drug-likeness (QED) is 0.0683. The van der Waals surface area contributed by atoms with Gasteiger partial charge in [0.15, 0.2) is 6.29 Å². The van der Waals surface area contributed by atoms with Crippen LogP contribution in [0.15, 0.2) is 146 Å². The molecule has 0 unspecified atom stereocenters. The van der Waals surface area contributed by atoms with Crippen molar-refractivity contribution in [2.24, 2.45) is 0 Å². The van der Waals surface area contributed by atoms with Crippen LogP contribution in [0.5, 0.6) is 5.75 Å². The Hall–Kier alpha value is -5.03. The number of carbonyl (C=O) groups is 1. The summed E-state index contributed by atoms with van der Waals surface area (Å²) in [6, 6.07) is 47.8. The summed E-state index contributed by atoms with van der Waals surface area (Å²) >= 11 is 0. The van der Waals surface area contributed by atoms with Gasteiger partial charge >= 0.3 is 6.09 Å². The van der Waals surface area contributed by atoms with Crippen LogP contribution in [-0.2, 0) is 61.4 Å². The summed E-state index contributed by atoms with van der Waals surface area (Å²) in [5.41, 5.74) is 5.10. The van der Waals surface area contributed by atoms with E-state index < -0.39 is 24.6 Å². The molecule has 6 rings (SSSR count). The summed E-state index contributed by atoms with van der Waals surface area (Å²) in [7, 11) is 1.65. The molecule has 0 N–H and O–H groups in total. The molecule has 0 bridgehead atoms. The van der Waals surface area contributed by atoms with E-state index >= 15 is 0 Å². The number of ether oxygens (including phenoxy) is 7. The minimum absolute atomic E-state index is 0.231. The maximum absolute atomic E-state index is 13.3. The molecule has 1 amide bonds. The molecule has 5 atom stereocenters. The minimum atomic E-state index is -0.696. The lowest BCUT2D eigenvalue weighted by atomic mass is 9.98. The highest BCUT2D eigenvalue weighted by Gasteiger charge is 2.47. The maximum Gasteiger partial charge on any atom is 0.410 e. The van der Waals surface area contributed by atoms with Crippen LogP contribution in [0.1, 0.15) is 54.0 Å². The van der Waals surface area contributed by atoms with Gasteiger partial charge in [-0.1, -0.05) is 133 Å². The second-order valence-electron chi connectivity index (χ2n) is 14.2. The van der Waals surface area contributed by atoms with Crippen LogP contribution in [0.3, 0.4) is 0 Å². The van der Waals surface area contributed by atoms with Crippen LogP contribution < -0.4 is 4.74 Å². The standard InChI is InChI=1S/C48H55NO8/c1-37-44(53-33-39-20-10-4-11-21-39)45(54-34-40-22-12-5-13-23-40)46(55-35-42-26-28-43(51-2)29-27-42)47(57-37)52-31-17-7-16-30-49(32-38-18-8-3-9-19-38)48(50)56-36-41-24-14-6-15-25-41/h3-6,8-15,18-29,37,44-47H,7,16-17,30-36H2,1-2H3/t37-,44-,45+,46+,47+/m0/s1. The van der Waals surface area contributed by atoms with E-state index in [4.69, 9.17) is 33.2 Å². The number of benzene rings is 5. The number of hydrogen-bond acceptors (Lipinski definition) is 8. The molecule has 9 nitrogen and oxygen atoms in total. The molecule has 0 radical (unpaired) electrons. The molecule has 0 aliphatic carbocycles. The fourth-order valence-corrected chi connectivity index (χ4v) is 6.78. The van der Waals surface area contributed by atoms with E-state index in [-0.39, 0.29) is 18.8 Å². The molecule has 9 heteroatoms. The van der Waals surface area contributed by atoms with Gasteiger partial charge in [-0.2, -0.15) is 0 Å². The van der Waals surface area contributed by atoms with E-state index in [1.165, 1.54) is 0 Å². The number of amides is 1.